The van der Waals surface area contributed by atoms with Gasteiger partial charge in [0.05, 0.1) is 22.2 Å². The largest absolute Gasteiger partial charge is 0.398 e. The third-order valence-electron chi connectivity index (χ3n) is 2.65. The Morgan fingerprint density at radius 3 is 2.80 bits per heavy atom. The van der Waals surface area contributed by atoms with Crippen molar-refractivity contribution in [1.82, 2.24) is 9.71 Å². The number of nitrogens with two attached hydrogens (primary N) is 1. The number of hydrogen-bond donors (Lipinski definition) is 2. The van der Waals surface area contributed by atoms with Gasteiger partial charge in [-0.2, -0.15) is 0 Å². The zero-order chi connectivity index (χ0) is 14.8. The van der Waals surface area contributed by atoms with E-state index in [9.17, 15) is 8.42 Å². The second-order valence-corrected chi connectivity index (χ2v) is 7.46. The van der Waals surface area contributed by atoms with Gasteiger partial charge in [0.1, 0.15) is 5.01 Å². The first-order valence-corrected chi connectivity index (χ1v) is 8.58. The summed E-state index contributed by atoms with van der Waals surface area (Å²) < 4.78 is 26.7. The summed E-state index contributed by atoms with van der Waals surface area (Å²) in [5, 5.41) is 0.947. The number of benzene rings is 1. The van der Waals surface area contributed by atoms with Crippen LogP contribution in [0, 0.1) is 0 Å². The Morgan fingerprint density at radius 2 is 2.20 bits per heavy atom. The molecule has 0 saturated carbocycles. The van der Waals surface area contributed by atoms with Crippen molar-refractivity contribution in [2.45, 2.75) is 24.8 Å². The number of thiazole rings is 1. The van der Waals surface area contributed by atoms with E-state index in [1.165, 1.54) is 29.5 Å². The van der Waals surface area contributed by atoms with Crippen LogP contribution in [0.1, 0.15) is 16.8 Å². The van der Waals surface area contributed by atoms with Crippen LogP contribution in [0.4, 0.5) is 5.69 Å². The summed E-state index contributed by atoms with van der Waals surface area (Å²) in [6, 6.07) is 4.22. The second kappa shape index (κ2) is 6.09. The van der Waals surface area contributed by atoms with E-state index in [2.05, 4.69) is 9.71 Å². The minimum atomic E-state index is -3.62. The Morgan fingerprint density at radius 1 is 1.45 bits per heavy atom. The fourth-order valence-electron chi connectivity index (χ4n) is 1.51. The van der Waals surface area contributed by atoms with Gasteiger partial charge in [-0.25, -0.2) is 18.1 Å². The molecule has 2 aromatic rings. The lowest BCUT2D eigenvalue weighted by Crippen LogP contribution is -2.23. The van der Waals surface area contributed by atoms with Crippen molar-refractivity contribution < 1.29 is 8.42 Å². The molecule has 0 unspecified atom stereocenters. The Hall–Kier alpha value is -1.15. The van der Waals surface area contributed by atoms with Crippen LogP contribution in [-0.2, 0) is 23.0 Å². The lowest BCUT2D eigenvalue weighted by Gasteiger charge is -2.06. The molecule has 0 atom stereocenters. The molecule has 0 aliphatic rings. The molecule has 0 amide bonds. The number of aromatic nitrogens is 1. The predicted molar refractivity (Wildman–Crippen MR) is 81.4 cm³/mol. The van der Waals surface area contributed by atoms with Crippen LogP contribution < -0.4 is 10.5 Å². The number of sulfonamides is 1. The molecule has 0 aliphatic carbocycles. The van der Waals surface area contributed by atoms with Gasteiger partial charge in [0, 0.05) is 11.1 Å². The van der Waals surface area contributed by atoms with Gasteiger partial charge < -0.3 is 5.73 Å². The van der Waals surface area contributed by atoms with Crippen molar-refractivity contribution in [2.75, 3.05) is 5.73 Å². The highest BCUT2D eigenvalue weighted by Gasteiger charge is 2.15. The first kappa shape index (κ1) is 15.2. The molecule has 20 heavy (non-hydrogen) atoms. The average molecular weight is 332 g/mol. The summed E-state index contributed by atoms with van der Waals surface area (Å²) in [6.45, 7) is 2.19. The Balaban J connectivity index is 2.12. The predicted octanol–water partition coefficient (Wildman–Crippen LogP) is 2.42. The molecule has 0 radical (unpaired) electrons. The summed E-state index contributed by atoms with van der Waals surface area (Å²) in [5.41, 5.74) is 5.91. The van der Waals surface area contributed by atoms with E-state index in [1.807, 2.05) is 6.92 Å². The maximum absolute atomic E-state index is 12.1. The zero-order valence-electron chi connectivity index (χ0n) is 10.8. The number of halogens is 1. The summed E-state index contributed by atoms with van der Waals surface area (Å²) in [4.78, 5) is 5.37. The molecular weight excluding hydrogens is 318 g/mol. The lowest BCUT2D eigenvalue weighted by atomic mass is 10.3. The van der Waals surface area contributed by atoms with Gasteiger partial charge >= 0.3 is 0 Å². The molecule has 0 aliphatic heterocycles. The smallest absolute Gasteiger partial charge is 0.241 e. The number of anilines is 1. The molecule has 0 fully saturated rings. The number of nitrogens with zero attached hydrogens (tertiary/aromatic N) is 1. The number of nitrogens with one attached hydrogen (secondary N) is 1. The third kappa shape index (κ3) is 3.49. The molecule has 0 spiro atoms. The minimum Gasteiger partial charge on any atom is -0.398 e. The van der Waals surface area contributed by atoms with Gasteiger partial charge in [-0.15, -0.1) is 11.3 Å². The Kier molecular flexibility index (Phi) is 4.64. The van der Waals surface area contributed by atoms with E-state index in [4.69, 9.17) is 17.3 Å². The monoisotopic (exact) mass is 331 g/mol. The van der Waals surface area contributed by atoms with E-state index in [1.54, 1.807) is 6.20 Å². The third-order valence-corrected chi connectivity index (χ3v) is 5.51. The summed E-state index contributed by atoms with van der Waals surface area (Å²) in [7, 11) is -3.62. The minimum absolute atomic E-state index is 0.0870. The summed E-state index contributed by atoms with van der Waals surface area (Å²) in [5.74, 6) is 0. The SMILES string of the molecule is CCc1cnc(CNS(=O)(=O)c2ccc(N)c(Cl)c2)s1. The molecule has 2 rings (SSSR count). The van der Waals surface area contributed by atoms with Gasteiger partial charge in [0.15, 0.2) is 0 Å². The van der Waals surface area contributed by atoms with E-state index in [0.29, 0.717) is 5.69 Å². The van der Waals surface area contributed by atoms with Crippen molar-refractivity contribution in [1.29, 1.82) is 0 Å². The molecule has 5 nitrogen and oxygen atoms in total. The molecule has 1 heterocycles. The topological polar surface area (TPSA) is 85.1 Å². The van der Waals surface area contributed by atoms with Crippen molar-refractivity contribution in [3.63, 3.8) is 0 Å². The van der Waals surface area contributed by atoms with Crippen LogP contribution in [0.3, 0.4) is 0 Å². The summed E-state index contributed by atoms with van der Waals surface area (Å²) in [6.07, 6.45) is 2.65. The molecular formula is C12H14ClN3O2S2. The van der Waals surface area contributed by atoms with E-state index in [0.717, 1.165) is 16.3 Å². The van der Waals surface area contributed by atoms with Crippen molar-refractivity contribution in [3.8, 4) is 0 Å². The van der Waals surface area contributed by atoms with E-state index in [-0.39, 0.29) is 16.5 Å². The maximum Gasteiger partial charge on any atom is 0.241 e. The number of nitrogen functional groups attached to an aromatic ring is 1. The van der Waals surface area contributed by atoms with Crippen molar-refractivity contribution >= 4 is 38.6 Å². The van der Waals surface area contributed by atoms with Crippen LogP contribution in [0.2, 0.25) is 5.02 Å². The Labute approximate surface area is 126 Å². The second-order valence-electron chi connectivity index (χ2n) is 4.08. The fourth-order valence-corrected chi connectivity index (χ4v) is 3.66. The molecule has 108 valence electrons. The van der Waals surface area contributed by atoms with Crippen molar-refractivity contribution in [2.24, 2.45) is 0 Å². The van der Waals surface area contributed by atoms with Gasteiger partial charge in [0.25, 0.3) is 0 Å². The van der Waals surface area contributed by atoms with Gasteiger partial charge in [-0.1, -0.05) is 18.5 Å². The normalized spacial score (nSPS) is 11.7. The number of rotatable bonds is 5. The standard InChI is InChI=1S/C12H14ClN3O2S2/c1-2-8-6-15-12(19-8)7-16-20(17,18)9-3-4-11(14)10(13)5-9/h3-6,16H,2,7,14H2,1H3. The summed E-state index contributed by atoms with van der Waals surface area (Å²) >= 11 is 7.32. The Bertz CT molecular complexity index is 713. The van der Waals surface area contributed by atoms with Crippen LogP contribution in [0.25, 0.3) is 0 Å². The quantitative estimate of drug-likeness (QED) is 0.824. The van der Waals surface area contributed by atoms with Gasteiger partial charge in [0.2, 0.25) is 10.0 Å². The molecule has 3 N–H and O–H groups in total. The average Bonchev–Trinajstić information content (AvgIpc) is 2.87. The van der Waals surface area contributed by atoms with E-state index < -0.39 is 10.0 Å². The molecule has 8 heteroatoms. The van der Waals surface area contributed by atoms with Crippen LogP contribution in [0.15, 0.2) is 29.3 Å². The highest BCUT2D eigenvalue weighted by atomic mass is 35.5. The van der Waals surface area contributed by atoms with Crippen molar-refractivity contribution in [3.05, 3.63) is 39.3 Å². The lowest BCUT2D eigenvalue weighted by molar-refractivity contribution is 0.581. The molecule has 1 aromatic heterocycles. The van der Waals surface area contributed by atoms with E-state index >= 15 is 0 Å². The van der Waals surface area contributed by atoms with Crippen LogP contribution in [-0.4, -0.2) is 13.4 Å². The molecule has 1 aromatic carbocycles. The van der Waals surface area contributed by atoms with Gasteiger partial charge in [-0.05, 0) is 24.6 Å². The van der Waals surface area contributed by atoms with Gasteiger partial charge in [-0.3, -0.25) is 0 Å². The highest BCUT2D eigenvalue weighted by molar-refractivity contribution is 7.89. The zero-order valence-corrected chi connectivity index (χ0v) is 13.1. The molecule has 0 bridgehead atoms. The van der Waals surface area contributed by atoms with Crippen LogP contribution >= 0.6 is 22.9 Å². The molecule has 0 saturated heterocycles. The van der Waals surface area contributed by atoms with Crippen LogP contribution in [0.5, 0.6) is 0 Å². The maximum atomic E-state index is 12.1. The number of aryl methyl sites for hydroxylation is 1. The highest BCUT2D eigenvalue weighted by Crippen LogP contribution is 2.22. The fraction of sp³-hybridized carbons (Fsp3) is 0.250. The first-order valence-electron chi connectivity index (χ1n) is 5.90. The first-order chi connectivity index (χ1) is 9.42. The number of hydrogen-bond acceptors (Lipinski definition) is 5.